The number of rotatable bonds is 7. The fourth-order valence-corrected chi connectivity index (χ4v) is 1.98. The Hall–Kier alpha value is -2.83. The van der Waals surface area contributed by atoms with Crippen LogP contribution in [0.1, 0.15) is 20.3 Å². The van der Waals surface area contributed by atoms with Crippen LogP contribution in [0.5, 0.6) is 0 Å². The fourth-order valence-electron chi connectivity index (χ4n) is 1.98. The van der Waals surface area contributed by atoms with Crippen molar-refractivity contribution in [2.45, 2.75) is 26.8 Å². The molecule has 7 nitrogen and oxygen atoms in total. The third kappa shape index (κ3) is 5.75. The molecule has 0 atom stereocenters. The van der Waals surface area contributed by atoms with E-state index in [2.05, 4.69) is 20.9 Å². The van der Waals surface area contributed by atoms with Gasteiger partial charge in [-0.3, -0.25) is 4.79 Å². The first-order valence-electron chi connectivity index (χ1n) is 7.96. The Labute approximate surface area is 141 Å². The van der Waals surface area contributed by atoms with Crippen LogP contribution in [0.25, 0.3) is 0 Å². The molecule has 24 heavy (non-hydrogen) atoms. The molecule has 2 aromatic rings. The van der Waals surface area contributed by atoms with E-state index >= 15 is 0 Å². The maximum absolute atomic E-state index is 11.8. The van der Waals surface area contributed by atoms with Gasteiger partial charge in [-0.05, 0) is 30.7 Å². The summed E-state index contributed by atoms with van der Waals surface area (Å²) in [6.07, 6.45) is 6.19. The van der Waals surface area contributed by atoms with Crippen molar-refractivity contribution in [1.29, 1.82) is 0 Å². The molecule has 0 radical (unpaired) electrons. The van der Waals surface area contributed by atoms with Gasteiger partial charge in [-0.2, -0.15) is 0 Å². The molecule has 0 saturated carbocycles. The summed E-state index contributed by atoms with van der Waals surface area (Å²) in [6.45, 7) is 5.06. The molecule has 7 heteroatoms. The summed E-state index contributed by atoms with van der Waals surface area (Å²) in [6, 6.07) is 6.77. The van der Waals surface area contributed by atoms with E-state index in [1.165, 1.54) is 0 Å². The molecular formula is C17H23N5O2. The van der Waals surface area contributed by atoms with Crippen LogP contribution in [-0.4, -0.2) is 28.0 Å². The number of amides is 3. The first kappa shape index (κ1) is 17.5. The SMILES string of the molecule is CC(C)C(=O)Nc1ccc(NC(=O)NCCCn2ccnc2)cc1. The number of imidazole rings is 1. The van der Waals surface area contributed by atoms with Crippen molar-refractivity contribution < 1.29 is 9.59 Å². The largest absolute Gasteiger partial charge is 0.338 e. The Morgan fingerprint density at radius 1 is 1.12 bits per heavy atom. The summed E-state index contributed by atoms with van der Waals surface area (Å²) in [5.41, 5.74) is 1.38. The maximum atomic E-state index is 11.8. The summed E-state index contributed by atoms with van der Waals surface area (Å²) in [7, 11) is 0. The second kappa shape index (κ2) is 8.71. The number of hydrogen-bond acceptors (Lipinski definition) is 3. The van der Waals surface area contributed by atoms with Crippen molar-refractivity contribution in [1.82, 2.24) is 14.9 Å². The predicted molar refractivity (Wildman–Crippen MR) is 93.8 cm³/mol. The molecule has 0 bridgehead atoms. The molecule has 2 rings (SSSR count). The van der Waals surface area contributed by atoms with Crippen molar-refractivity contribution >= 4 is 23.3 Å². The first-order valence-corrected chi connectivity index (χ1v) is 7.96. The molecular weight excluding hydrogens is 306 g/mol. The highest BCUT2D eigenvalue weighted by molar-refractivity contribution is 5.93. The lowest BCUT2D eigenvalue weighted by atomic mass is 10.2. The van der Waals surface area contributed by atoms with Gasteiger partial charge in [0.15, 0.2) is 0 Å². The Balaban J connectivity index is 1.70. The number of carbonyl (C=O) groups is 2. The second-order valence-corrected chi connectivity index (χ2v) is 5.76. The van der Waals surface area contributed by atoms with Crippen molar-refractivity contribution in [3.05, 3.63) is 43.0 Å². The van der Waals surface area contributed by atoms with Gasteiger partial charge >= 0.3 is 6.03 Å². The van der Waals surface area contributed by atoms with Crippen LogP contribution in [0, 0.1) is 5.92 Å². The molecule has 3 amide bonds. The molecule has 1 aromatic carbocycles. The Kier molecular flexibility index (Phi) is 6.36. The topological polar surface area (TPSA) is 88.0 Å². The summed E-state index contributed by atoms with van der Waals surface area (Å²) >= 11 is 0. The van der Waals surface area contributed by atoms with Gasteiger partial charge in [0.05, 0.1) is 6.33 Å². The molecule has 0 aliphatic heterocycles. The zero-order valence-electron chi connectivity index (χ0n) is 14.0. The van der Waals surface area contributed by atoms with E-state index in [9.17, 15) is 9.59 Å². The third-order valence-corrected chi connectivity index (χ3v) is 3.37. The number of hydrogen-bond donors (Lipinski definition) is 3. The molecule has 0 saturated heterocycles. The lowest BCUT2D eigenvalue weighted by Gasteiger charge is -2.10. The number of urea groups is 1. The quantitative estimate of drug-likeness (QED) is 0.682. The molecule has 128 valence electrons. The number of carbonyl (C=O) groups excluding carboxylic acids is 2. The minimum absolute atomic E-state index is 0.0358. The fraction of sp³-hybridized carbons (Fsp3) is 0.353. The molecule has 3 N–H and O–H groups in total. The summed E-state index contributed by atoms with van der Waals surface area (Å²) in [4.78, 5) is 27.4. The standard InChI is InChI=1S/C17H23N5O2/c1-13(2)16(23)20-14-4-6-15(7-5-14)21-17(24)19-8-3-10-22-11-9-18-12-22/h4-7,9,11-13H,3,8,10H2,1-2H3,(H,20,23)(H2,19,21,24). The second-order valence-electron chi connectivity index (χ2n) is 5.76. The van der Waals surface area contributed by atoms with Gasteiger partial charge < -0.3 is 20.5 Å². The van der Waals surface area contributed by atoms with E-state index in [-0.39, 0.29) is 17.9 Å². The lowest BCUT2D eigenvalue weighted by molar-refractivity contribution is -0.118. The van der Waals surface area contributed by atoms with Gasteiger partial charge in [-0.25, -0.2) is 9.78 Å². The number of benzene rings is 1. The number of aromatic nitrogens is 2. The normalized spacial score (nSPS) is 10.5. The van der Waals surface area contributed by atoms with Gasteiger partial charge in [0, 0.05) is 42.8 Å². The van der Waals surface area contributed by atoms with E-state index in [0.29, 0.717) is 17.9 Å². The van der Waals surface area contributed by atoms with Crippen LogP contribution in [-0.2, 0) is 11.3 Å². The van der Waals surface area contributed by atoms with Crippen molar-refractivity contribution in [3.8, 4) is 0 Å². The van der Waals surface area contributed by atoms with Crippen LogP contribution >= 0.6 is 0 Å². The van der Waals surface area contributed by atoms with Crippen LogP contribution in [0.4, 0.5) is 16.2 Å². The van der Waals surface area contributed by atoms with E-state index in [1.54, 1.807) is 36.8 Å². The summed E-state index contributed by atoms with van der Waals surface area (Å²) < 4.78 is 1.96. The smallest absolute Gasteiger partial charge is 0.319 e. The highest BCUT2D eigenvalue weighted by Gasteiger charge is 2.07. The van der Waals surface area contributed by atoms with Crippen LogP contribution in [0.2, 0.25) is 0 Å². The molecule has 0 fully saturated rings. The highest BCUT2D eigenvalue weighted by atomic mass is 16.2. The van der Waals surface area contributed by atoms with Crippen molar-refractivity contribution in [3.63, 3.8) is 0 Å². The first-order chi connectivity index (χ1) is 11.5. The third-order valence-electron chi connectivity index (χ3n) is 3.37. The van der Waals surface area contributed by atoms with Crippen LogP contribution < -0.4 is 16.0 Å². The number of nitrogens with zero attached hydrogens (tertiary/aromatic N) is 2. The Morgan fingerprint density at radius 2 is 1.79 bits per heavy atom. The average molecular weight is 329 g/mol. The lowest BCUT2D eigenvalue weighted by Crippen LogP contribution is -2.30. The van der Waals surface area contributed by atoms with Gasteiger partial charge in [-0.1, -0.05) is 13.8 Å². The molecule has 0 spiro atoms. The average Bonchev–Trinajstić information content (AvgIpc) is 3.06. The molecule has 0 aliphatic rings. The highest BCUT2D eigenvalue weighted by Crippen LogP contribution is 2.14. The van der Waals surface area contributed by atoms with E-state index in [1.807, 2.05) is 24.6 Å². The summed E-state index contributed by atoms with van der Waals surface area (Å²) in [5, 5.41) is 8.36. The van der Waals surface area contributed by atoms with Gasteiger partial charge in [-0.15, -0.1) is 0 Å². The van der Waals surface area contributed by atoms with E-state index < -0.39 is 0 Å². The van der Waals surface area contributed by atoms with Gasteiger partial charge in [0.2, 0.25) is 5.91 Å². The molecule has 0 aliphatic carbocycles. The van der Waals surface area contributed by atoms with E-state index in [4.69, 9.17) is 0 Å². The number of nitrogens with one attached hydrogen (secondary N) is 3. The van der Waals surface area contributed by atoms with Gasteiger partial charge in [0.1, 0.15) is 0 Å². The van der Waals surface area contributed by atoms with Crippen LogP contribution in [0.15, 0.2) is 43.0 Å². The van der Waals surface area contributed by atoms with E-state index in [0.717, 1.165) is 13.0 Å². The van der Waals surface area contributed by atoms with Crippen LogP contribution in [0.3, 0.4) is 0 Å². The zero-order valence-corrected chi connectivity index (χ0v) is 14.0. The monoisotopic (exact) mass is 329 g/mol. The Bertz CT molecular complexity index is 650. The maximum Gasteiger partial charge on any atom is 0.319 e. The van der Waals surface area contributed by atoms with Crippen molar-refractivity contribution in [2.75, 3.05) is 17.2 Å². The predicted octanol–water partition coefficient (Wildman–Crippen LogP) is 2.69. The number of aryl methyl sites for hydroxylation is 1. The van der Waals surface area contributed by atoms with Gasteiger partial charge in [0.25, 0.3) is 0 Å². The minimum atomic E-state index is -0.250. The molecule has 1 aromatic heterocycles. The Morgan fingerprint density at radius 3 is 2.38 bits per heavy atom. The molecule has 1 heterocycles. The molecule has 0 unspecified atom stereocenters. The minimum Gasteiger partial charge on any atom is -0.338 e. The zero-order chi connectivity index (χ0) is 17.4. The summed E-state index contributed by atoms with van der Waals surface area (Å²) in [5.74, 6) is -0.109. The van der Waals surface area contributed by atoms with Crippen molar-refractivity contribution in [2.24, 2.45) is 5.92 Å². The number of anilines is 2.